The van der Waals surface area contributed by atoms with Crippen molar-refractivity contribution in [1.29, 1.82) is 5.41 Å². The van der Waals surface area contributed by atoms with Crippen molar-refractivity contribution in [3.63, 3.8) is 0 Å². The van der Waals surface area contributed by atoms with Gasteiger partial charge in [0.15, 0.2) is 5.96 Å². The van der Waals surface area contributed by atoms with Crippen LogP contribution in [0.3, 0.4) is 0 Å². The number of carbonyl (C=O) groups excluding carboxylic acids is 4. The van der Waals surface area contributed by atoms with Crippen LogP contribution in [0, 0.1) is 5.41 Å². The monoisotopic (exact) mass is 370 g/mol. The van der Waals surface area contributed by atoms with E-state index in [1.807, 2.05) is 0 Å². The summed E-state index contributed by atoms with van der Waals surface area (Å²) in [6, 6.07) is -3.38. The van der Waals surface area contributed by atoms with Crippen LogP contribution >= 0.6 is 0 Å². The van der Waals surface area contributed by atoms with Gasteiger partial charge in [0.2, 0.25) is 24.0 Å². The molecular formula is C15H28N7O4. The molecule has 0 aromatic rings. The minimum absolute atomic E-state index is 0.160. The Morgan fingerprint density at radius 1 is 1.00 bits per heavy atom. The molecule has 0 aliphatic heterocycles. The molecule has 1 radical (unpaired) electrons. The van der Waals surface area contributed by atoms with Gasteiger partial charge in [-0.05, 0) is 33.6 Å². The molecule has 0 spiro atoms. The number of nitrogens with one attached hydrogen (secondary N) is 5. The summed E-state index contributed by atoms with van der Waals surface area (Å²) in [4.78, 5) is 46.2. The molecule has 3 unspecified atom stereocenters. The summed E-state index contributed by atoms with van der Waals surface area (Å²) in [5.74, 6) is -1.76. The van der Waals surface area contributed by atoms with E-state index >= 15 is 0 Å². The number of amides is 3. The minimum atomic E-state index is -0.894. The van der Waals surface area contributed by atoms with Crippen molar-refractivity contribution in [2.24, 2.45) is 11.5 Å². The maximum Gasteiger partial charge on any atom is 0.242 e. The molecule has 0 aliphatic carbocycles. The van der Waals surface area contributed by atoms with Crippen molar-refractivity contribution < 1.29 is 19.2 Å². The van der Waals surface area contributed by atoms with Crippen LogP contribution in [0.15, 0.2) is 0 Å². The molecular weight excluding hydrogens is 342 g/mol. The third kappa shape index (κ3) is 9.57. The van der Waals surface area contributed by atoms with Crippen molar-refractivity contribution in [1.82, 2.24) is 21.3 Å². The summed E-state index contributed by atoms with van der Waals surface area (Å²) in [7, 11) is 0. The molecule has 0 bridgehead atoms. The Labute approximate surface area is 152 Å². The lowest BCUT2D eigenvalue weighted by molar-refractivity contribution is -0.131. The third-order valence-corrected chi connectivity index (χ3v) is 3.38. The number of carbonyl (C=O) groups is 3. The first-order chi connectivity index (χ1) is 12.1. The second kappa shape index (κ2) is 11.8. The minimum Gasteiger partial charge on any atom is -0.370 e. The quantitative estimate of drug-likeness (QED) is 0.116. The van der Waals surface area contributed by atoms with Crippen LogP contribution in [0.5, 0.6) is 0 Å². The van der Waals surface area contributed by atoms with E-state index in [2.05, 4.69) is 21.3 Å². The van der Waals surface area contributed by atoms with E-state index in [4.69, 9.17) is 16.9 Å². The van der Waals surface area contributed by atoms with Gasteiger partial charge in [-0.25, -0.2) is 0 Å². The number of nitrogens with two attached hydrogens (primary N) is 2. The molecule has 9 N–H and O–H groups in total. The molecule has 0 fully saturated rings. The molecule has 3 amide bonds. The number of hydrogen-bond acceptors (Lipinski definition) is 6. The smallest absolute Gasteiger partial charge is 0.242 e. The molecule has 11 heteroatoms. The van der Waals surface area contributed by atoms with E-state index in [0.717, 1.165) is 0 Å². The van der Waals surface area contributed by atoms with Crippen LogP contribution in [-0.2, 0) is 19.2 Å². The topological polar surface area (TPSA) is 192 Å². The van der Waals surface area contributed by atoms with Gasteiger partial charge in [-0.1, -0.05) is 0 Å². The Morgan fingerprint density at radius 2 is 1.50 bits per heavy atom. The van der Waals surface area contributed by atoms with E-state index in [0.29, 0.717) is 19.4 Å². The molecule has 11 nitrogen and oxygen atoms in total. The Morgan fingerprint density at radius 3 is 2.00 bits per heavy atom. The van der Waals surface area contributed by atoms with Gasteiger partial charge in [-0.15, -0.1) is 0 Å². The summed E-state index contributed by atoms with van der Waals surface area (Å²) in [6.07, 6.45) is 2.48. The highest BCUT2D eigenvalue weighted by molar-refractivity contribution is 5.93. The van der Waals surface area contributed by atoms with Gasteiger partial charge in [-0.2, -0.15) is 0 Å². The predicted octanol–water partition coefficient (Wildman–Crippen LogP) is -2.80. The highest BCUT2D eigenvalue weighted by atomic mass is 16.2. The van der Waals surface area contributed by atoms with Crippen LogP contribution in [0.4, 0.5) is 0 Å². The van der Waals surface area contributed by atoms with Crippen molar-refractivity contribution in [2.75, 3.05) is 6.54 Å². The zero-order valence-electron chi connectivity index (χ0n) is 15.2. The maximum absolute atomic E-state index is 12.0. The number of rotatable bonds is 11. The summed E-state index contributed by atoms with van der Waals surface area (Å²) in [6.45, 7) is 4.78. The Kier molecular flexibility index (Phi) is 10.6. The zero-order chi connectivity index (χ0) is 20.3. The van der Waals surface area contributed by atoms with Crippen LogP contribution in [-0.4, -0.2) is 60.7 Å². The van der Waals surface area contributed by atoms with Crippen molar-refractivity contribution >= 4 is 30.0 Å². The normalized spacial score (nSPS) is 14.9. The summed E-state index contributed by atoms with van der Waals surface area (Å²) < 4.78 is 0. The van der Waals surface area contributed by atoms with Gasteiger partial charge in [0.25, 0.3) is 0 Å². The van der Waals surface area contributed by atoms with Gasteiger partial charge in [0.1, 0.15) is 12.1 Å². The van der Waals surface area contributed by atoms with E-state index in [1.54, 1.807) is 6.29 Å². The lowest BCUT2D eigenvalue weighted by Gasteiger charge is -2.20. The summed E-state index contributed by atoms with van der Waals surface area (Å²) in [5, 5.41) is 16.9. The van der Waals surface area contributed by atoms with Gasteiger partial charge in [0, 0.05) is 6.54 Å². The van der Waals surface area contributed by atoms with Crippen molar-refractivity contribution in [3.8, 4) is 0 Å². The molecule has 0 aromatic heterocycles. The van der Waals surface area contributed by atoms with E-state index in [9.17, 15) is 19.2 Å². The highest BCUT2D eigenvalue weighted by Gasteiger charge is 2.23. The first-order valence-electron chi connectivity index (χ1n) is 8.20. The molecule has 0 aliphatic rings. The average Bonchev–Trinajstić information content (AvgIpc) is 2.57. The molecule has 4 atom stereocenters. The SMILES string of the molecule is CC(NC(=O)C(N)CCCNC(=N)N)C(=O)NC(C)C(=O)N[C@H](C)[C]=O. The molecule has 0 saturated carbocycles. The second-order valence-electron chi connectivity index (χ2n) is 5.90. The van der Waals surface area contributed by atoms with Crippen LogP contribution in [0.2, 0.25) is 0 Å². The first-order valence-corrected chi connectivity index (χ1v) is 8.20. The van der Waals surface area contributed by atoms with E-state index < -0.39 is 41.9 Å². The van der Waals surface area contributed by atoms with Gasteiger partial charge in [0.05, 0.1) is 12.1 Å². The number of hydrogen-bond donors (Lipinski definition) is 7. The van der Waals surface area contributed by atoms with Gasteiger partial charge < -0.3 is 32.7 Å². The average molecular weight is 370 g/mol. The fraction of sp³-hybridized carbons (Fsp3) is 0.667. The Hall–Kier alpha value is -2.69. The standard InChI is InChI=1S/C15H28N7O4/c1-8(7-23)20-12(24)9(2)21-13(25)10(3)22-14(26)11(16)5-4-6-19-15(17)18/h8-11H,4-6,16H2,1-3H3,(H,20,24)(H,21,25)(H,22,26)(H4,17,18,19)/t8-,9?,10?,11?/m1/s1. The van der Waals surface area contributed by atoms with E-state index in [-0.39, 0.29) is 5.96 Å². The lowest BCUT2D eigenvalue weighted by atomic mass is 10.1. The highest BCUT2D eigenvalue weighted by Crippen LogP contribution is 1.96. The molecule has 26 heavy (non-hydrogen) atoms. The number of guanidine groups is 1. The Balaban J connectivity index is 4.30. The maximum atomic E-state index is 12.0. The van der Waals surface area contributed by atoms with Crippen LogP contribution in [0.25, 0.3) is 0 Å². The molecule has 0 rings (SSSR count). The van der Waals surface area contributed by atoms with Gasteiger partial charge >= 0.3 is 0 Å². The van der Waals surface area contributed by atoms with Crippen molar-refractivity contribution in [2.45, 2.75) is 57.8 Å². The van der Waals surface area contributed by atoms with Gasteiger partial charge in [-0.3, -0.25) is 24.6 Å². The van der Waals surface area contributed by atoms with Crippen molar-refractivity contribution in [3.05, 3.63) is 0 Å². The third-order valence-electron chi connectivity index (χ3n) is 3.38. The molecule has 0 saturated heterocycles. The molecule has 147 valence electrons. The fourth-order valence-corrected chi connectivity index (χ4v) is 1.83. The Bertz CT molecular complexity index is 526. The van der Waals surface area contributed by atoms with Crippen LogP contribution in [0.1, 0.15) is 33.6 Å². The second-order valence-corrected chi connectivity index (χ2v) is 5.90. The molecule has 0 aromatic carbocycles. The largest absolute Gasteiger partial charge is 0.370 e. The first kappa shape index (κ1) is 23.3. The molecule has 0 heterocycles. The van der Waals surface area contributed by atoms with Crippen LogP contribution < -0.4 is 32.7 Å². The lowest BCUT2D eigenvalue weighted by Crippen LogP contribution is -2.54. The fourth-order valence-electron chi connectivity index (χ4n) is 1.83. The summed E-state index contributed by atoms with van der Waals surface area (Å²) >= 11 is 0. The van der Waals surface area contributed by atoms with E-state index in [1.165, 1.54) is 20.8 Å². The summed E-state index contributed by atoms with van der Waals surface area (Å²) in [5.41, 5.74) is 10.9. The zero-order valence-corrected chi connectivity index (χ0v) is 15.2. The predicted molar refractivity (Wildman–Crippen MR) is 95.6 cm³/mol.